The summed E-state index contributed by atoms with van der Waals surface area (Å²) in [6, 6.07) is 0.534. The zero-order valence-electron chi connectivity index (χ0n) is 10.7. The molecule has 0 atom stereocenters. The van der Waals surface area contributed by atoms with Crippen LogP contribution in [0.4, 0.5) is 11.8 Å². The minimum atomic E-state index is 0.534. The second-order valence-corrected chi connectivity index (χ2v) is 5.23. The van der Waals surface area contributed by atoms with Crippen molar-refractivity contribution in [2.24, 2.45) is 0 Å². The van der Waals surface area contributed by atoms with Gasteiger partial charge in [0.15, 0.2) is 0 Å². The predicted molar refractivity (Wildman–Crippen MR) is 72.6 cm³/mol. The first-order valence-electron chi connectivity index (χ1n) is 6.95. The summed E-state index contributed by atoms with van der Waals surface area (Å²) in [5.74, 6) is 1.38. The lowest BCUT2D eigenvalue weighted by molar-refractivity contribution is 0.708. The van der Waals surface area contributed by atoms with Crippen LogP contribution in [0.25, 0.3) is 0 Å². The molecule has 0 unspecified atom stereocenters. The van der Waals surface area contributed by atoms with E-state index in [0.717, 1.165) is 43.1 Å². The second kappa shape index (κ2) is 5.10. The zero-order chi connectivity index (χ0) is 12.4. The summed E-state index contributed by atoms with van der Waals surface area (Å²) in [6.45, 7) is 1.95. The number of nitrogens with one attached hydrogen (secondary N) is 2. The Kier molecular flexibility index (Phi) is 3.32. The fourth-order valence-electron chi connectivity index (χ4n) is 2.89. The van der Waals surface area contributed by atoms with E-state index >= 15 is 0 Å². The van der Waals surface area contributed by atoms with Crippen LogP contribution >= 0.6 is 0 Å². The Hall–Kier alpha value is -1.36. The van der Waals surface area contributed by atoms with Gasteiger partial charge in [-0.15, -0.1) is 0 Å². The maximum absolute atomic E-state index is 6.07. The minimum Gasteiger partial charge on any atom is -0.383 e. The number of nitrogens with two attached hydrogens (primary N) is 1. The average Bonchev–Trinajstić information content (AvgIpc) is 2.73. The molecule has 1 aliphatic heterocycles. The molecule has 0 saturated heterocycles. The quantitative estimate of drug-likeness (QED) is 0.729. The van der Waals surface area contributed by atoms with Gasteiger partial charge in [0.2, 0.25) is 5.95 Å². The van der Waals surface area contributed by atoms with Crippen LogP contribution in [0, 0.1) is 0 Å². The monoisotopic (exact) mass is 247 g/mol. The maximum Gasteiger partial charge on any atom is 0.225 e. The van der Waals surface area contributed by atoms with Gasteiger partial charge in [-0.2, -0.15) is 4.98 Å². The highest BCUT2D eigenvalue weighted by Crippen LogP contribution is 2.23. The molecule has 5 nitrogen and oxygen atoms in total. The molecule has 0 spiro atoms. The van der Waals surface area contributed by atoms with E-state index in [1.807, 2.05) is 0 Å². The van der Waals surface area contributed by atoms with Gasteiger partial charge in [0.25, 0.3) is 0 Å². The van der Waals surface area contributed by atoms with Crippen LogP contribution in [0.5, 0.6) is 0 Å². The van der Waals surface area contributed by atoms with Gasteiger partial charge in [-0.25, -0.2) is 4.98 Å². The number of hydrogen-bond acceptors (Lipinski definition) is 5. The molecule has 1 aliphatic carbocycles. The molecule has 2 heterocycles. The molecule has 1 fully saturated rings. The van der Waals surface area contributed by atoms with Crippen molar-refractivity contribution in [1.82, 2.24) is 15.3 Å². The van der Waals surface area contributed by atoms with Crippen LogP contribution in [0.3, 0.4) is 0 Å². The van der Waals surface area contributed by atoms with Gasteiger partial charge in [0.1, 0.15) is 5.82 Å². The lowest BCUT2D eigenvalue weighted by Crippen LogP contribution is -2.18. The number of nitrogens with zero attached hydrogens (tertiary/aromatic N) is 2. The van der Waals surface area contributed by atoms with Crippen LogP contribution in [0.2, 0.25) is 0 Å². The molecule has 1 saturated carbocycles. The highest BCUT2D eigenvalue weighted by Gasteiger charge is 2.18. The molecule has 0 amide bonds. The van der Waals surface area contributed by atoms with Crippen LogP contribution in [-0.4, -0.2) is 29.1 Å². The highest BCUT2D eigenvalue weighted by atomic mass is 15.1. The fraction of sp³-hybridized carbons (Fsp3) is 0.692. The van der Waals surface area contributed by atoms with Gasteiger partial charge < -0.3 is 16.4 Å². The van der Waals surface area contributed by atoms with Crippen molar-refractivity contribution < 1.29 is 0 Å². The first-order chi connectivity index (χ1) is 8.83. The number of fused-ring (bicyclic) bond motifs is 1. The Morgan fingerprint density at radius 2 is 1.89 bits per heavy atom. The SMILES string of the molecule is Nc1nc(NC2CCCC2)nc2c1CCNCC2. The molecule has 0 aromatic carbocycles. The molecule has 3 rings (SSSR count). The first kappa shape index (κ1) is 11.7. The summed E-state index contributed by atoms with van der Waals surface area (Å²) in [7, 11) is 0. The van der Waals surface area contributed by atoms with Crippen molar-refractivity contribution in [3.63, 3.8) is 0 Å². The second-order valence-electron chi connectivity index (χ2n) is 5.23. The smallest absolute Gasteiger partial charge is 0.225 e. The van der Waals surface area contributed by atoms with E-state index in [4.69, 9.17) is 5.73 Å². The third-order valence-corrected chi connectivity index (χ3v) is 3.90. The van der Waals surface area contributed by atoms with E-state index in [1.54, 1.807) is 0 Å². The summed E-state index contributed by atoms with van der Waals surface area (Å²) in [5, 5.41) is 6.80. The molecule has 5 heteroatoms. The molecular weight excluding hydrogens is 226 g/mol. The molecule has 1 aromatic heterocycles. The fourth-order valence-corrected chi connectivity index (χ4v) is 2.89. The number of aromatic nitrogens is 2. The Morgan fingerprint density at radius 1 is 1.11 bits per heavy atom. The maximum atomic E-state index is 6.07. The zero-order valence-corrected chi connectivity index (χ0v) is 10.7. The lowest BCUT2D eigenvalue weighted by Gasteiger charge is -2.15. The standard InChI is InChI=1S/C13H21N5/c14-12-10-5-7-15-8-6-11(10)17-13(18-12)16-9-3-1-2-4-9/h9,15H,1-8H2,(H3,14,16,17,18). The predicted octanol–water partition coefficient (Wildman–Crippen LogP) is 1.10. The summed E-state index contributed by atoms with van der Waals surface area (Å²) < 4.78 is 0. The van der Waals surface area contributed by atoms with Gasteiger partial charge in [0.05, 0.1) is 5.69 Å². The molecule has 4 N–H and O–H groups in total. The van der Waals surface area contributed by atoms with Crippen molar-refractivity contribution in [1.29, 1.82) is 0 Å². The van der Waals surface area contributed by atoms with Gasteiger partial charge in [-0.3, -0.25) is 0 Å². The Morgan fingerprint density at radius 3 is 2.72 bits per heavy atom. The summed E-state index contributed by atoms with van der Waals surface area (Å²) in [6.07, 6.45) is 6.94. The first-order valence-corrected chi connectivity index (χ1v) is 6.95. The van der Waals surface area contributed by atoms with Gasteiger partial charge >= 0.3 is 0 Å². The van der Waals surface area contributed by atoms with Crippen LogP contribution in [-0.2, 0) is 12.8 Å². The lowest BCUT2D eigenvalue weighted by atomic mass is 10.1. The normalized spacial score (nSPS) is 20.4. The van der Waals surface area contributed by atoms with E-state index in [9.17, 15) is 0 Å². The number of hydrogen-bond donors (Lipinski definition) is 3. The highest BCUT2D eigenvalue weighted by molar-refractivity contribution is 5.48. The van der Waals surface area contributed by atoms with Gasteiger partial charge in [-0.05, 0) is 25.8 Å². The molecule has 1 aromatic rings. The van der Waals surface area contributed by atoms with Crippen molar-refractivity contribution >= 4 is 11.8 Å². The third kappa shape index (κ3) is 2.41. The molecule has 0 bridgehead atoms. The molecule has 0 radical (unpaired) electrons. The summed E-state index contributed by atoms with van der Waals surface area (Å²) in [4.78, 5) is 9.07. The molecule has 2 aliphatic rings. The van der Waals surface area contributed by atoms with Crippen LogP contribution in [0.1, 0.15) is 36.9 Å². The van der Waals surface area contributed by atoms with E-state index in [1.165, 1.54) is 25.7 Å². The summed E-state index contributed by atoms with van der Waals surface area (Å²) in [5.41, 5.74) is 8.32. The summed E-state index contributed by atoms with van der Waals surface area (Å²) >= 11 is 0. The molecule has 18 heavy (non-hydrogen) atoms. The average molecular weight is 247 g/mol. The number of nitrogen functional groups attached to an aromatic ring is 1. The van der Waals surface area contributed by atoms with Gasteiger partial charge in [0, 0.05) is 24.6 Å². The Balaban J connectivity index is 1.82. The Labute approximate surface area is 108 Å². The minimum absolute atomic E-state index is 0.534. The van der Waals surface area contributed by atoms with Crippen LogP contribution < -0.4 is 16.4 Å². The van der Waals surface area contributed by atoms with E-state index < -0.39 is 0 Å². The van der Waals surface area contributed by atoms with Crippen molar-refractivity contribution in [2.75, 3.05) is 24.1 Å². The van der Waals surface area contributed by atoms with Crippen molar-refractivity contribution in [2.45, 2.75) is 44.6 Å². The molecular formula is C13H21N5. The van der Waals surface area contributed by atoms with E-state index in [-0.39, 0.29) is 0 Å². The van der Waals surface area contributed by atoms with Crippen molar-refractivity contribution in [3.05, 3.63) is 11.3 Å². The molecule has 98 valence electrons. The van der Waals surface area contributed by atoms with E-state index in [0.29, 0.717) is 11.9 Å². The number of anilines is 2. The third-order valence-electron chi connectivity index (χ3n) is 3.90. The largest absolute Gasteiger partial charge is 0.383 e. The van der Waals surface area contributed by atoms with E-state index in [2.05, 4.69) is 20.6 Å². The number of rotatable bonds is 2. The Bertz CT molecular complexity index is 426. The van der Waals surface area contributed by atoms with Crippen LogP contribution in [0.15, 0.2) is 0 Å². The topological polar surface area (TPSA) is 75.9 Å². The van der Waals surface area contributed by atoms with Gasteiger partial charge in [-0.1, -0.05) is 12.8 Å². The van der Waals surface area contributed by atoms with Crippen molar-refractivity contribution in [3.8, 4) is 0 Å².